The molecule has 0 saturated carbocycles. The number of amides is 1. The molecule has 10 heteroatoms. The van der Waals surface area contributed by atoms with E-state index in [1.807, 2.05) is 0 Å². The van der Waals surface area contributed by atoms with Gasteiger partial charge in [0.25, 0.3) is 0 Å². The monoisotopic (exact) mass is 446 g/mol. The molecule has 0 atom stereocenters. The van der Waals surface area contributed by atoms with Crippen molar-refractivity contribution in [2.24, 2.45) is 0 Å². The van der Waals surface area contributed by atoms with E-state index in [1.165, 1.54) is 26.4 Å². The molecule has 152 valence electrons. The predicted molar refractivity (Wildman–Crippen MR) is 110 cm³/mol. The van der Waals surface area contributed by atoms with Crippen molar-refractivity contribution >= 4 is 44.8 Å². The van der Waals surface area contributed by atoms with Crippen molar-refractivity contribution in [1.29, 1.82) is 0 Å². The first-order chi connectivity index (χ1) is 13.2. The number of carbonyl (C=O) groups is 1. The molecule has 0 radical (unpaired) electrons. The molecular formula is C18H20Cl2N2O5S. The fraction of sp³-hybridized carbons (Fsp3) is 0.278. The van der Waals surface area contributed by atoms with Gasteiger partial charge in [0, 0.05) is 23.7 Å². The number of nitrogens with one attached hydrogen (secondary N) is 1. The highest BCUT2D eigenvalue weighted by atomic mass is 35.5. The minimum absolute atomic E-state index is 0.138. The Bertz CT molecular complexity index is 966. The first-order valence-corrected chi connectivity index (χ1v) is 10.7. The van der Waals surface area contributed by atoms with Gasteiger partial charge in [-0.15, -0.1) is 0 Å². The van der Waals surface area contributed by atoms with Crippen LogP contribution in [0.3, 0.4) is 0 Å². The van der Waals surface area contributed by atoms with Crippen LogP contribution in [0.4, 0.5) is 5.69 Å². The van der Waals surface area contributed by atoms with Crippen molar-refractivity contribution in [2.45, 2.75) is 6.54 Å². The Kier molecular flexibility index (Phi) is 7.40. The number of hydrogen-bond acceptors (Lipinski definition) is 5. The zero-order valence-electron chi connectivity index (χ0n) is 15.5. The summed E-state index contributed by atoms with van der Waals surface area (Å²) >= 11 is 12.1. The number of nitrogens with zero attached hydrogens (tertiary/aromatic N) is 1. The van der Waals surface area contributed by atoms with Crippen LogP contribution >= 0.6 is 23.2 Å². The number of methoxy groups -OCH3 is 2. The van der Waals surface area contributed by atoms with Crippen LogP contribution in [0.15, 0.2) is 36.4 Å². The molecule has 7 nitrogen and oxygen atoms in total. The van der Waals surface area contributed by atoms with Crippen LogP contribution < -0.4 is 19.1 Å². The Hall–Kier alpha value is -2.16. The average Bonchev–Trinajstić information content (AvgIpc) is 2.64. The maximum atomic E-state index is 12.4. The van der Waals surface area contributed by atoms with Gasteiger partial charge in [0.1, 0.15) is 18.0 Å². The summed E-state index contributed by atoms with van der Waals surface area (Å²) in [5.74, 6) is -0.0703. The van der Waals surface area contributed by atoms with Gasteiger partial charge in [-0.2, -0.15) is 0 Å². The molecule has 0 aliphatic carbocycles. The normalized spacial score (nSPS) is 11.0. The number of carbonyl (C=O) groups excluding carboxylic acids is 1. The van der Waals surface area contributed by atoms with Crippen molar-refractivity contribution < 1.29 is 22.7 Å². The molecule has 2 aromatic carbocycles. The summed E-state index contributed by atoms with van der Waals surface area (Å²) in [6.07, 6.45) is 0.995. The number of sulfonamides is 1. The van der Waals surface area contributed by atoms with Gasteiger partial charge in [-0.3, -0.25) is 9.10 Å². The third-order valence-electron chi connectivity index (χ3n) is 3.84. The number of benzene rings is 2. The Morgan fingerprint density at radius 3 is 2.29 bits per heavy atom. The molecule has 2 rings (SSSR count). The van der Waals surface area contributed by atoms with E-state index in [4.69, 9.17) is 32.7 Å². The van der Waals surface area contributed by atoms with E-state index in [1.54, 1.807) is 24.3 Å². The fourth-order valence-corrected chi connectivity index (χ4v) is 3.73. The van der Waals surface area contributed by atoms with Crippen molar-refractivity contribution in [3.05, 3.63) is 52.0 Å². The quantitative estimate of drug-likeness (QED) is 0.673. The SMILES string of the molecule is COc1cc(N(CC(=O)NCc2ccccc2Cl)S(C)(=O)=O)c(OC)cc1Cl. The molecule has 0 bridgehead atoms. The summed E-state index contributed by atoms with van der Waals surface area (Å²) in [7, 11) is -1.03. The topological polar surface area (TPSA) is 84.9 Å². The summed E-state index contributed by atoms with van der Waals surface area (Å²) < 4.78 is 36.0. The van der Waals surface area contributed by atoms with E-state index in [0.29, 0.717) is 10.6 Å². The minimum atomic E-state index is -3.81. The molecule has 2 aromatic rings. The smallest absolute Gasteiger partial charge is 0.241 e. The Morgan fingerprint density at radius 1 is 1.07 bits per heavy atom. The van der Waals surface area contributed by atoms with E-state index < -0.39 is 22.5 Å². The third kappa shape index (κ3) is 5.43. The van der Waals surface area contributed by atoms with Crippen LogP contribution in [0.2, 0.25) is 10.0 Å². The first-order valence-electron chi connectivity index (χ1n) is 8.06. The summed E-state index contributed by atoms with van der Waals surface area (Å²) in [6, 6.07) is 9.88. The highest BCUT2D eigenvalue weighted by molar-refractivity contribution is 7.92. The highest BCUT2D eigenvalue weighted by Crippen LogP contribution is 2.38. The lowest BCUT2D eigenvalue weighted by Crippen LogP contribution is -2.40. The summed E-state index contributed by atoms with van der Waals surface area (Å²) in [5, 5.41) is 3.42. The summed E-state index contributed by atoms with van der Waals surface area (Å²) in [5.41, 5.74) is 0.855. The number of rotatable bonds is 8. The van der Waals surface area contributed by atoms with Crippen LogP contribution in [-0.4, -0.2) is 41.3 Å². The number of anilines is 1. The average molecular weight is 447 g/mol. The Morgan fingerprint density at radius 2 is 1.71 bits per heavy atom. The second-order valence-corrected chi connectivity index (χ2v) is 8.52. The molecule has 0 fully saturated rings. The lowest BCUT2D eigenvalue weighted by atomic mass is 10.2. The van der Waals surface area contributed by atoms with E-state index in [2.05, 4.69) is 5.32 Å². The molecule has 1 amide bonds. The minimum Gasteiger partial charge on any atom is -0.495 e. The van der Waals surface area contributed by atoms with E-state index >= 15 is 0 Å². The van der Waals surface area contributed by atoms with Gasteiger partial charge >= 0.3 is 0 Å². The maximum absolute atomic E-state index is 12.4. The Labute approximate surface area is 174 Å². The molecule has 1 N–H and O–H groups in total. The van der Waals surface area contributed by atoms with Gasteiger partial charge in [0.2, 0.25) is 15.9 Å². The summed E-state index contributed by atoms with van der Waals surface area (Å²) in [6.45, 7) is -0.290. The van der Waals surface area contributed by atoms with Crippen LogP contribution in [0.25, 0.3) is 0 Å². The maximum Gasteiger partial charge on any atom is 0.241 e. The van der Waals surface area contributed by atoms with Gasteiger partial charge in [-0.1, -0.05) is 41.4 Å². The van der Waals surface area contributed by atoms with Crippen LogP contribution in [0, 0.1) is 0 Å². The Balaban J connectivity index is 2.28. The second-order valence-electron chi connectivity index (χ2n) is 5.80. The van der Waals surface area contributed by atoms with Crippen LogP contribution in [0.1, 0.15) is 5.56 Å². The standard InChI is InChI=1S/C18H20Cl2N2O5S/c1-26-16-9-15(17(27-2)8-14(16)20)22(28(3,24)25)11-18(23)21-10-12-6-4-5-7-13(12)19/h4-9H,10-11H2,1-3H3,(H,21,23). The third-order valence-corrected chi connectivity index (χ3v) is 5.63. The number of hydrogen-bond donors (Lipinski definition) is 1. The lowest BCUT2D eigenvalue weighted by molar-refractivity contribution is -0.119. The van der Waals surface area contributed by atoms with Gasteiger partial charge in [-0.25, -0.2) is 8.42 Å². The molecule has 0 aromatic heterocycles. The fourth-order valence-electron chi connectivity index (χ4n) is 2.44. The van der Waals surface area contributed by atoms with E-state index in [0.717, 1.165) is 10.6 Å². The second kappa shape index (κ2) is 9.36. The molecule has 0 heterocycles. The van der Waals surface area contributed by atoms with Crippen LogP contribution in [-0.2, 0) is 21.4 Å². The lowest BCUT2D eigenvalue weighted by Gasteiger charge is -2.24. The zero-order chi connectivity index (χ0) is 20.9. The number of halogens is 2. The van der Waals surface area contributed by atoms with Gasteiger partial charge in [-0.05, 0) is 11.6 Å². The molecule has 0 aliphatic heterocycles. The van der Waals surface area contributed by atoms with E-state index in [9.17, 15) is 13.2 Å². The molecule has 0 unspecified atom stereocenters. The molecular weight excluding hydrogens is 427 g/mol. The van der Waals surface area contributed by atoms with Crippen molar-refractivity contribution in [3.63, 3.8) is 0 Å². The van der Waals surface area contributed by atoms with Crippen molar-refractivity contribution in [1.82, 2.24) is 5.32 Å². The predicted octanol–water partition coefficient (Wildman–Crippen LogP) is 3.09. The molecule has 0 saturated heterocycles. The van der Waals surface area contributed by atoms with Crippen LogP contribution in [0.5, 0.6) is 11.5 Å². The number of ether oxygens (including phenoxy) is 2. The largest absolute Gasteiger partial charge is 0.495 e. The summed E-state index contributed by atoms with van der Waals surface area (Å²) in [4.78, 5) is 12.4. The first kappa shape index (κ1) is 22.1. The van der Waals surface area contributed by atoms with Crippen molar-refractivity contribution in [2.75, 3.05) is 31.3 Å². The zero-order valence-corrected chi connectivity index (χ0v) is 17.9. The van der Waals surface area contributed by atoms with Gasteiger partial charge in [0.15, 0.2) is 0 Å². The highest BCUT2D eigenvalue weighted by Gasteiger charge is 2.25. The molecule has 28 heavy (non-hydrogen) atoms. The van der Waals surface area contributed by atoms with Crippen molar-refractivity contribution in [3.8, 4) is 11.5 Å². The molecule has 0 aliphatic rings. The molecule has 0 spiro atoms. The van der Waals surface area contributed by atoms with Gasteiger partial charge < -0.3 is 14.8 Å². The van der Waals surface area contributed by atoms with Gasteiger partial charge in [0.05, 0.1) is 31.2 Å². The van der Waals surface area contributed by atoms with E-state index in [-0.39, 0.29) is 28.8 Å².